The Bertz CT molecular complexity index is 452. The van der Waals surface area contributed by atoms with Gasteiger partial charge in [-0.2, -0.15) is 15.0 Å². The number of aliphatic hydroxyl groups is 1. The average molecular weight is 284 g/mol. The molecule has 1 N–H and O–H groups in total. The van der Waals surface area contributed by atoms with Crippen LogP contribution >= 0.6 is 11.6 Å². The average Bonchev–Trinajstić information content (AvgIpc) is 2.92. The number of aliphatic hydroxyl groups excluding tert-OH is 1. The molecule has 0 amide bonds. The third kappa shape index (κ3) is 2.90. The van der Waals surface area contributed by atoms with Gasteiger partial charge in [-0.05, 0) is 37.3 Å². The number of nitrogens with zero attached hydrogens (tertiary/aromatic N) is 5. The lowest BCUT2D eigenvalue weighted by atomic mass is 10.1. The maximum Gasteiger partial charge on any atom is 0.231 e. The fourth-order valence-corrected chi connectivity index (χ4v) is 2.82. The second-order valence-corrected chi connectivity index (χ2v) is 5.48. The number of rotatable bonds is 2. The highest BCUT2D eigenvalue weighted by atomic mass is 35.5. The lowest BCUT2D eigenvalue weighted by molar-refractivity contribution is 0.153. The topological polar surface area (TPSA) is 65.4 Å². The minimum atomic E-state index is -0.306. The maximum absolute atomic E-state index is 9.73. The lowest BCUT2D eigenvalue weighted by Gasteiger charge is -2.30. The first kappa shape index (κ1) is 12.9. The fourth-order valence-electron chi connectivity index (χ4n) is 2.67. The summed E-state index contributed by atoms with van der Waals surface area (Å²) in [6.45, 7) is 3.38. The Hall–Kier alpha value is -1.14. The van der Waals surface area contributed by atoms with Gasteiger partial charge in [0.25, 0.3) is 0 Å². The Morgan fingerprint density at radius 3 is 2.26 bits per heavy atom. The molecule has 1 atom stereocenters. The van der Waals surface area contributed by atoms with Crippen molar-refractivity contribution in [1.82, 2.24) is 15.0 Å². The van der Waals surface area contributed by atoms with Gasteiger partial charge in [0.15, 0.2) is 0 Å². The standard InChI is InChI=1S/C12H18ClN5O/c13-10-14-11(17-5-1-2-6-17)16-12(15-10)18-7-3-4-9(19)8-18/h9,19H,1-8H2. The molecule has 3 heterocycles. The highest BCUT2D eigenvalue weighted by molar-refractivity contribution is 6.28. The Labute approximate surface area is 117 Å². The van der Waals surface area contributed by atoms with Gasteiger partial charge >= 0.3 is 0 Å². The number of halogens is 1. The fraction of sp³-hybridized carbons (Fsp3) is 0.750. The molecule has 2 aliphatic heterocycles. The van der Waals surface area contributed by atoms with Crippen LogP contribution in [0, 0.1) is 0 Å². The highest BCUT2D eigenvalue weighted by Crippen LogP contribution is 2.22. The zero-order valence-electron chi connectivity index (χ0n) is 10.8. The molecule has 1 unspecified atom stereocenters. The zero-order valence-corrected chi connectivity index (χ0v) is 11.6. The minimum absolute atomic E-state index is 0.229. The Morgan fingerprint density at radius 2 is 1.58 bits per heavy atom. The second-order valence-electron chi connectivity index (χ2n) is 5.14. The van der Waals surface area contributed by atoms with Gasteiger partial charge in [-0.1, -0.05) is 0 Å². The molecule has 0 radical (unpaired) electrons. The van der Waals surface area contributed by atoms with E-state index >= 15 is 0 Å². The van der Waals surface area contributed by atoms with E-state index in [-0.39, 0.29) is 11.4 Å². The minimum Gasteiger partial charge on any atom is -0.391 e. The second kappa shape index (κ2) is 5.46. The molecule has 7 heteroatoms. The van der Waals surface area contributed by atoms with Crippen molar-refractivity contribution in [2.24, 2.45) is 0 Å². The van der Waals surface area contributed by atoms with Crippen LogP contribution in [0.1, 0.15) is 25.7 Å². The summed E-state index contributed by atoms with van der Waals surface area (Å²) in [5.74, 6) is 1.24. The van der Waals surface area contributed by atoms with Crippen LogP contribution in [0.3, 0.4) is 0 Å². The number of anilines is 2. The van der Waals surface area contributed by atoms with E-state index in [1.807, 2.05) is 4.90 Å². The zero-order chi connectivity index (χ0) is 13.2. The normalized spacial score (nSPS) is 24.0. The SMILES string of the molecule is OC1CCCN(c2nc(Cl)nc(N3CCCC3)n2)C1. The van der Waals surface area contributed by atoms with Crippen LogP contribution in [-0.4, -0.2) is 52.3 Å². The quantitative estimate of drug-likeness (QED) is 0.876. The summed E-state index contributed by atoms with van der Waals surface area (Å²) in [5, 5.41) is 9.96. The van der Waals surface area contributed by atoms with Gasteiger partial charge in [-0.3, -0.25) is 0 Å². The van der Waals surface area contributed by atoms with Crippen LogP contribution in [0.15, 0.2) is 0 Å². The van der Waals surface area contributed by atoms with Crippen molar-refractivity contribution >= 4 is 23.5 Å². The van der Waals surface area contributed by atoms with Crippen molar-refractivity contribution in [1.29, 1.82) is 0 Å². The van der Waals surface area contributed by atoms with Crippen molar-refractivity contribution in [2.75, 3.05) is 36.0 Å². The lowest BCUT2D eigenvalue weighted by Crippen LogP contribution is -2.39. The summed E-state index contributed by atoms with van der Waals surface area (Å²) >= 11 is 6.01. The van der Waals surface area contributed by atoms with E-state index in [4.69, 9.17) is 11.6 Å². The van der Waals surface area contributed by atoms with Gasteiger partial charge in [0.05, 0.1) is 6.10 Å². The summed E-state index contributed by atoms with van der Waals surface area (Å²) < 4.78 is 0. The number of hydrogen-bond donors (Lipinski definition) is 1. The molecule has 2 aliphatic rings. The van der Waals surface area contributed by atoms with Crippen LogP contribution < -0.4 is 9.80 Å². The van der Waals surface area contributed by atoms with E-state index < -0.39 is 0 Å². The van der Waals surface area contributed by atoms with E-state index in [1.54, 1.807) is 0 Å². The van der Waals surface area contributed by atoms with Crippen LogP contribution in [0.25, 0.3) is 0 Å². The van der Waals surface area contributed by atoms with Crippen molar-refractivity contribution in [3.8, 4) is 0 Å². The largest absolute Gasteiger partial charge is 0.391 e. The molecular weight excluding hydrogens is 266 g/mol. The summed E-state index contributed by atoms with van der Waals surface area (Å²) in [7, 11) is 0. The molecule has 0 aliphatic carbocycles. The molecule has 1 aromatic heterocycles. The van der Waals surface area contributed by atoms with Gasteiger partial charge in [0.1, 0.15) is 0 Å². The Morgan fingerprint density at radius 1 is 0.947 bits per heavy atom. The molecule has 19 heavy (non-hydrogen) atoms. The van der Waals surface area contributed by atoms with E-state index in [2.05, 4.69) is 19.9 Å². The van der Waals surface area contributed by atoms with E-state index in [9.17, 15) is 5.11 Å². The smallest absolute Gasteiger partial charge is 0.231 e. The van der Waals surface area contributed by atoms with Crippen LogP contribution in [0.5, 0.6) is 0 Å². The van der Waals surface area contributed by atoms with Crippen molar-refractivity contribution in [2.45, 2.75) is 31.8 Å². The molecule has 0 spiro atoms. The molecule has 0 saturated carbocycles. The summed E-state index contributed by atoms with van der Waals surface area (Å²) in [6.07, 6.45) is 3.82. The van der Waals surface area contributed by atoms with E-state index in [0.717, 1.165) is 32.5 Å². The molecule has 3 rings (SSSR count). The summed E-state index contributed by atoms with van der Waals surface area (Å²) in [5.41, 5.74) is 0. The Balaban J connectivity index is 1.84. The number of β-amino-alcohol motifs (C(OH)–C–C–N with tert-alkyl or cyclic N) is 1. The van der Waals surface area contributed by atoms with Crippen molar-refractivity contribution in [3.63, 3.8) is 0 Å². The number of hydrogen-bond acceptors (Lipinski definition) is 6. The van der Waals surface area contributed by atoms with Crippen molar-refractivity contribution in [3.05, 3.63) is 5.28 Å². The van der Waals surface area contributed by atoms with Gasteiger partial charge in [-0.25, -0.2) is 0 Å². The third-order valence-corrected chi connectivity index (χ3v) is 3.82. The molecule has 0 aromatic carbocycles. The molecule has 104 valence electrons. The van der Waals surface area contributed by atoms with Crippen LogP contribution in [0.4, 0.5) is 11.9 Å². The van der Waals surface area contributed by atoms with Gasteiger partial charge in [0.2, 0.25) is 17.2 Å². The molecule has 2 saturated heterocycles. The molecule has 6 nitrogen and oxygen atoms in total. The maximum atomic E-state index is 9.73. The molecule has 0 bridgehead atoms. The molecule has 2 fully saturated rings. The molecule has 1 aromatic rings. The van der Waals surface area contributed by atoms with E-state index in [1.165, 1.54) is 12.8 Å². The Kier molecular flexibility index (Phi) is 3.70. The van der Waals surface area contributed by atoms with Gasteiger partial charge in [0, 0.05) is 26.2 Å². The van der Waals surface area contributed by atoms with Gasteiger partial charge in [-0.15, -0.1) is 0 Å². The third-order valence-electron chi connectivity index (χ3n) is 3.65. The predicted molar refractivity (Wildman–Crippen MR) is 73.7 cm³/mol. The summed E-state index contributed by atoms with van der Waals surface area (Å²) in [6, 6.07) is 0. The van der Waals surface area contributed by atoms with Crippen LogP contribution in [-0.2, 0) is 0 Å². The summed E-state index contributed by atoms with van der Waals surface area (Å²) in [4.78, 5) is 17.0. The molecular formula is C12H18ClN5O. The number of piperidine rings is 1. The first-order valence-electron chi connectivity index (χ1n) is 6.82. The van der Waals surface area contributed by atoms with Gasteiger partial charge < -0.3 is 14.9 Å². The predicted octanol–water partition coefficient (Wildman–Crippen LogP) is 1.09. The first-order valence-corrected chi connectivity index (χ1v) is 7.20. The highest BCUT2D eigenvalue weighted by Gasteiger charge is 2.23. The monoisotopic (exact) mass is 283 g/mol. The van der Waals surface area contributed by atoms with Crippen LogP contribution in [0.2, 0.25) is 5.28 Å². The van der Waals surface area contributed by atoms with Crippen molar-refractivity contribution < 1.29 is 5.11 Å². The number of aromatic nitrogens is 3. The van der Waals surface area contributed by atoms with E-state index in [0.29, 0.717) is 18.4 Å². The first-order chi connectivity index (χ1) is 9.22.